The number of hydrogen-bond donors (Lipinski definition) is 0. The van der Waals surface area contributed by atoms with Crippen LogP contribution in [0.25, 0.3) is 16.6 Å². The van der Waals surface area contributed by atoms with Crippen LogP contribution in [0.2, 0.25) is 0 Å². The van der Waals surface area contributed by atoms with Gasteiger partial charge in [0.1, 0.15) is 5.82 Å². The topological polar surface area (TPSA) is 41.4 Å². The first-order chi connectivity index (χ1) is 14.3. The highest BCUT2D eigenvalue weighted by Gasteiger charge is 2.30. The summed E-state index contributed by atoms with van der Waals surface area (Å²) in [5, 5.41) is 1.13. The Morgan fingerprint density at radius 3 is 2.50 bits per heavy atom. The molecular weight excluding hydrogens is 379 g/mol. The molecule has 2 aromatic heterocycles. The summed E-state index contributed by atoms with van der Waals surface area (Å²) in [5.74, 6) is -0.126. The summed E-state index contributed by atoms with van der Waals surface area (Å²) in [5.41, 5.74) is 3.24. The molecule has 6 heteroatoms. The van der Waals surface area contributed by atoms with Gasteiger partial charge in [0.15, 0.2) is 0 Å². The van der Waals surface area contributed by atoms with E-state index in [0.29, 0.717) is 17.2 Å². The van der Waals surface area contributed by atoms with Crippen LogP contribution in [0.5, 0.6) is 0 Å². The van der Waals surface area contributed by atoms with Gasteiger partial charge in [0.2, 0.25) is 0 Å². The Kier molecular flexibility index (Phi) is 5.36. The zero-order valence-corrected chi connectivity index (χ0v) is 18.3. The Labute approximate surface area is 177 Å². The molecule has 1 amide bonds. The predicted molar refractivity (Wildman–Crippen MR) is 118 cm³/mol. The first-order valence-corrected chi connectivity index (χ1v) is 10.5. The molecular formula is C24H29FN4O. The third-order valence-electron chi connectivity index (χ3n) is 5.94. The summed E-state index contributed by atoms with van der Waals surface area (Å²) < 4.78 is 16.2. The molecule has 3 heterocycles. The van der Waals surface area contributed by atoms with Crippen molar-refractivity contribution in [2.45, 2.75) is 45.7 Å². The number of benzene rings is 1. The molecule has 4 rings (SSSR count). The van der Waals surface area contributed by atoms with Crippen LogP contribution in [-0.2, 0) is 0 Å². The van der Waals surface area contributed by atoms with E-state index >= 15 is 0 Å². The minimum atomic E-state index is -0.412. The summed E-state index contributed by atoms with van der Waals surface area (Å²) in [7, 11) is 2.11. The Morgan fingerprint density at radius 1 is 1.17 bits per heavy atom. The Balaban J connectivity index is 1.88. The molecule has 0 aliphatic carbocycles. The highest BCUT2D eigenvalue weighted by Crippen LogP contribution is 2.35. The van der Waals surface area contributed by atoms with Gasteiger partial charge < -0.3 is 14.4 Å². The van der Waals surface area contributed by atoms with Gasteiger partial charge in [-0.25, -0.2) is 4.39 Å². The smallest absolute Gasteiger partial charge is 0.256 e. The quantitative estimate of drug-likeness (QED) is 0.626. The van der Waals surface area contributed by atoms with E-state index in [0.717, 1.165) is 24.0 Å². The second kappa shape index (κ2) is 7.84. The van der Waals surface area contributed by atoms with Crippen LogP contribution in [0.3, 0.4) is 0 Å². The summed E-state index contributed by atoms with van der Waals surface area (Å²) in [6.07, 6.45) is 5.72. The molecule has 1 aliphatic rings. The zero-order valence-electron chi connectivity index (χ0n) is 18.3. The number of aromatic nitrogens is 2. The molecule has 1 aliphatic heterocycles. The van der Waals surface area contributed by atoms with E-state index in [2.05, 4.69) is 23.1 Å². The average Bonchev–Trinajstić information content (AvgIpc) is 3.04. The van der Waals surface area contributed by atoms with Crippen LogP contribution in [-0.4, -0.2) is 57.5 Å². The highest BCUT2D eigenvalue weighted by atomic mass is 19.1. The predicted octanol–water partition coefficient (Wildman–Crippen LogP) is 4.45. The molecule has 5 nitrogen and oxygen atoms in total. The third-order valence-corrected chi connectivity index (χ3v) is 5.94. The molecule has 158 valence electrons. The molecule has 1 saturated heterocycles. The number of likely N-dealkylation sites (tertiary alicyclic amines) is 1. The van der Waals surface area contributed by atoms with E-state index in [9.17, 15) is 9.18 Å². The Bertz CT molecular complexity index is 1070. The summed E-state index contributed by atoms with van der Waals surface area (Å²) in [6, 6.07) is 6.52. The van der Waals surface area contributed by atoms with Gasteiger partial charge in [-0.15, -0.1) is 0 Å². The van der Waals surface area contributed by atoms with Crippen molar-refractivity contribution >= 4 is 16.8 Å². The molecule has 1 fully saturated rings. The number of nitrogens with zero attached hydrogens (tertiary/aromatic N) is 4. The van der Waals surface area contributed by atoms with Crippen molar-refractivity contribution in [3.63, 3.8) is 0 Å². The van der Waals surface area contributed by atoms with E-state index in [1.807, 2.05) is 44.5 Å². The fraction of sp³-hybridized carbons (Fsp3) is 0.417. The molecule has 3 aromatic rings. The van der Waals surface area contributed by atoms with Gasteiger partial charge in [0, 0.05) is 48.9 Å². The molecule has 1 aromatic carbocycles. The second-order valence-corrected chi connectivity index (χ2v) is 8.83. The maximum absolute atomic E-state index is 14.2. The number of rotatable bonds is 5. The van der Waals surface area contributed by atoms with Gasteiger partial charge in [-0.05, 0) is 64.6 Å². The number of carbonyl (C=O) groups excluding carboxylic acids is 1. The molecule has 0 unspecified atom stereocenters. The van der Waals surface area contributed by atoms with Gasteiger partial charge in [0.05, 0.1) is 23.0 Å². The van der Waals surface area contributed by atoms with E-state index in [1.54, 1.807) is 17.2 Å². The second-order valence-electron chi connectivity index (χ2n) is 8.83. The first kappa shape index (κ1) is 20.5. The molecule has 30 heavy (non-hydrogen) atoms. The van der Waals surface area contributed by atoms with Crippen molar-refractivity contribution in [1.29, 1.82) is 0 Å². The maximum Gasteiger partial charge on any atom is 0.256 e. The molecule has 0 bridgehead atoms. The summed E-state index contributed by atoms with van der Waals surface area (Å²) >= 11 is 0. The van der Waals surface area contributed by atoms with Crippen molar-refractivity contribution in [3.05, 3.63) is 59.8 Å². The van der Waals surface area contributed by atoms with Gasteiger partial charge in [0.25, 0.3) is 5.91 Å². The number of hydrogen-bond acceptors (Lipinski definition) is 3. The lowest BCUT2D eigenvalue weighted by molar-refractivity contribution is 0.0643. The number of likely N-dealkylation sites (N-methyl/N-ethyl adjacent to an activating group) is 1. The minimum absolute atomic E-state index is 0.0118. The van der Waals surface area contributed by atoms with Crippen molar-refractivity contribution < 1.29 is 9.18 Å². The van der Waals surface area contributed by atoms with Gasteiger partial charge in [-0.1, -0.05) is 0 Å². The molecule has 0 radical (unpaired) electrons. The van der Waals surface area contributed by atoms with Crippen LogP contribution in [0.15, 0.2) is 42.9 Å². The van der Waals surface area contributed by atoms with Gasteiger partial charge in [-0.3, -0.25) is 9.78 Å². The molecule has 0 spiro atoms. The summed E-state index contributed by atoms with van der Waals surface area (Å²) in [6.45, 7) is 9.94. The van der Waals surface area contributed by atoms with Crippen LogP contribution in [0.1, 0.15) is 49.5 Å². The Hall–Kier alpha value is -2.73. The lowest BCUT2D eigenvalue weighted by atomic mass is 9.92. The fourth-order valence-electron chi connectivity index (χ4n) is 4.61. The SMILES string of the molecule is CC(C)N(C(=O)c1cc(F)ccc1-n1cc(C2CN(C)C2)c2ccncc21)C(C)C. The van der Waals surface area contributed by atoms with Gasteiger partial charge in [-0.2, -0.15) is 0 Å². The number of amides is 1. The number of halogens is 1. The minimum Gasteiger partial charge on any atom is -0.334 e. The lowest BCUT2D eigenvalue weighted by Crippen LogP contribution is -2.42. The van der Waals surface area contributed by atoms with Crippen LogP contribution in [0.4, 0.5) is 4.39 Å². The van der Waals surface area contributed by atoms with Gasteiger partial charge >= 0.3 is 0 Å². The summed E-state index contributed by atoms with van der Waals surface area (Å²) in [4.78, 5) is 21.9. The van der Waals surface area contributed by atoms with Crippen molar-refractivity contribution in [1.82, 2.24) is 19.4 Å². The lowest BCUT2D eigenvalue weighted by Gasteiger charge is -2.36. The normalized spacial score (nSPS) is 15.2. The van der Waals surface area contributed by atoms with Crippen LogP contribution in [0, 0.1) is 5.82 Å². The number of carbonyl (C=O) groups is 1. The number of fused-ring (bicyclic) bond motifs is 1. The van der Waals surface area contributed by atoms with E-state index in [4.69, 9.17) is 0 Å². The maximum atomic E-state index is 14.2. The fourth-order valence-corrected chi connectivity index (χ4v) is 4.61. The van der Waals surface area contributed by atoms with Crippen molar-refractivity contribution in [2.24, 2.45) is 0 Å². The largest absolute Gasteiger partial charge is 0.334 e. The highest BCUT2D eigenvalue weighted by molar-refractivity contribution is 5.99. The monoisotopic (exact) mass is 408 g/mol. The van der Waals surface area contributed by atoms with Crippen LogP contribution >= 0.6 is 0 Å². The van der Waals surface area contributed by atoms with Crippen LogP contribution < -0.4 is 0 Å². The average molecular weight is 409 g/mol. The molecule has 0 N–H and O–H groups in total. The van der Waals surface area contributed by atoms with E-state index < -0.39 is 5.82 Å². The molecule has 0 saturated carbocycles. The third kappa shape index (κ3) is 3.49. The standard InChI is InChI=1S/C24H29FN4O/c1-15(2)29(16(3)4)24(30)20-10-18(25)6-7-22(20)28-14-21(17-12-27(5)13-17)19-8-9-26-11-23(19)28/h6-11,14-17H,12-13H2,1-5H3. The van der Waals surface area contributed by atoms with Crippen molar-refractivity contribution in [3.8, 4) is 5.69 Å². The van der Waals surface area contributed by atoms with E-state index in [-0.39, 0.29) is 18.0 Å². The van der Waals surface area contributed by atoms with E-state index in [1.165, 1.54) is 17.7 Å². The first-order valence-electron chi connectivity index (χ1n) is 10.5. The van der Waals surface area contributed by atoms with Crippen molar-refractivity contribution in [2.75, 3.05) is 20.1 Å². The Morgan fingerprint density at radius 2 is 1.87 bits per heavy atom. The molecule has 0 atom stereocenters. The zero-order chi connectivity index (χ0) is 21.6. The number of pyridine rings is 1.